The molecule has 3 aromatic rings. The predicted molar refractivity (Wildman–Crippen MR) is 120 cm³/mol. The van der Waals surface area contributed by atoms with E-state index in [1.165, 1.54) is 4.68 Å². The molecule has 1 aromatic heterocycles. The van der Waals surface area contributed by atoms with E-state index in [-0.39, 0.29) is 10.0 Å². The molecule has 2 aromatic carbocycles. The van der Waals surface area contributed by atoms with Crippen LogP contribution in [0.5, 0.6) is 5.75 Å². The Balaban J connectivity index is 1.86. The minimum atomic E-state index is -3.83. The Morgan fingerprint density at radius 1 is 1.17 bits per heavy atom. The Labute approximate surface area is 186 Å². The summed E-state index contributed by atoms with van der Waals surface area (Å²) in [6.45, 7) is 5.85. The summed E-state index contributed by atoms with van der Waals surface area (Å²) in [4.78, 5) is -0.00424. The second-order valence-corrected chi connectivity index (χ2v) is 9.31. The van der Waals surface area contributed by atoms with Gasteiger partial charge in [-0.3, -0.25) is 4.68 Å². The van der Waals surface area contributed by atoms with Crippen LogP contribution in [0.1, 0.15) is 31.1 Å². The zero-order valence-corrected chi connectivity index (χ0v) is 19.4. The lowest BCUT2D eigenvalue weighted by molar-refractivity contribution is 0.341. The van der Waals surface area contributed by atoms with Crippen LogP contribution in [0.2, 0.25) is 10.2 Å². The highest BCUT2D eigenvalue weighted by Gasteiger charge is 2.27. The highest BCUT2D eigenvalue weighted by Crippen LogP contribution is 2.33. The van der Waals surface area contributed by atoms with Crippen molar-refractivity contribution in [3.05, 3.63) is 63.9 Å². The Morgan fingerprint density at radius 2 is 1.83 bits per heavy atom. The number of hydrogen-bond acceptors (Lipinski definition) is 4. The van der Waals surface area contributed by atoms with Gasteiger partial charge in [0.15, 0.2) is 0 Å². The SMILES string of the molecule is CCOc1ccc(Cl)cc1-c1ccc([C@@H](C)NS(=O)(=O)c2c(C)nn(C)c2Cl)cc1. The Bertz CT molecular complexity index is 1160. The molecule has 0 radical (unpaired) electrons. The van der Waals surface area contributed by atoms with Gasteiger partial charge in [0.1, 0.15) is 15.8 Å². The first-order valence-electron chi connectivity index (χ1n) is 9.38. The fourth-order valence-electron chi connectivity index (χ4n) is 3.24. The number of rotatable bonds is 7. The molecule has 3 rings (SSSR count). The number of aryl methyl sites for hydroxylation is 2. The minimum Gasteiger partial charge on any atom is -0.493 e. The summed E-state index contributed by atoms with van der Waals surface area (Å²) in [6, 6.07) is 12.6. The lowest BCUT2D eigenvalue weighted by Gasteiger charge is -2.16. The summed E-state index contributed by atoms with van der Waals surface area (Å²) in [5.74, 6) is 0.741. The van der Waals surface area contributed by atoms with Gasteiger partial charge in [0.05, 0.1) is 12.3 Å². The van der Waals surface area contributed by atoms with E-state index in [0.717, 1.165) is 22.4 Å². The molecule has 0 spiro atoms. The van der Waals surface area contributed by atoms with Crippen LogP contribution in [0, 0.1) is 6.92 Å². The van der Waals surface area contributed by atoms with E-state index < -0.39 is 16.1 Å². The fourth-order valence-corrected chi connectivity index (χ4v) is 5.39. The van der Waals surface area contributed by atoms with Crippen molar-refractivity contribution < 1.29 is 13.2 Å². The van der Waals surface area contributed by atoms with Crippen LogP contribution >= 0.6 is 23.2 Å². The first kappa shape index (κ1) is 22.6. The van der Waals surface area contributed by atoms with Crippen LogP contribution in [0.4, 0.5) is 0 Å². The van der Waals surface area contributed by atoms with E-state index in [1.54, 1.807) is 27.0 Å². The molecule has 0 saturated carbocycles. The van der Waals surface area contributed by atoms with Crippen LogP contribution in [0.15, 0.2) is 47.4 Å². The van der Waals surface area contributed by atoms with Crippen molar-refractivity contribution in [2.45, 2.75) is 31.7 Å². The normalized spacial score (nSPS) is 12.7. The molecule has 0 aliphatic heterocycles. The van der Waals surface area contributed by atoms with E-state index in [0.29, 0.717) is 17.3 Å². The molecule has 0 aliphatic carbocycles. The van der Waals surface area contributed by atoms with Crippen LogP contribution in [0.25, 0.3) is 11.1 Å². The molecule has 0 saturated heterocycles. The highest BCUT2D eigenvalue weighted by atomic mass is 35.5. The van der Waals surface area contributed by atoms with Crippen molar-refractivity contribution in [1.82, 2.24) is 14.5 Å². The van der Waals surface area contributed by atoms with E-state index in [1.807, 2.05) is 43.3 Å². The molecule has 0 aliphatic rings. The van der Waals surface area contributed by atoms with Gasteiger partial charge in [-0.15, -0.1) is 0 Å². The standard InChI is InChI=1S/C21H23Cl2N3O3S/c1-5-29-19-11-10-17(22)12-18(19)16-8-6-15(7-9-16)13(2)25-30(27,28)20-14(3)24-26(4)21(20)23/h6-13,25H,5H2,1-4H3/t13-/m1/s1. The first-order chi connectivity index (χ1) is 14.1. The van der Waals surface area contributed by atoms with E-state index in [4.69, 9.17) is 27.9 Å². The molecule has 1 N–H and O–H groups in total. The van der Waals surface area contributed by atoms with Crippen molar-refractivity contribution in [2.75, 3.05) is 6.61 Å². The van der Waals surface area contributed by atoms with Gasteiger partial charge in [0.2, 0.25) is 10.0 Å². The molecule has 160 valence electrons. The molecule has 0 unspecified atom stereocenters. The third-order valence-electron chi connectivity index (χ3n) is 4.66. The summed E-state index contributed by atoms with van der Waals surface area (Å²) in [5, 5.41) is 4.76. The molecule has 0 bridgehead atoms. The van der Waals surface area contributed by atoms with E-state index >= 15 is 0 Å². The number of benzene rings is 2. The number of sulfonamides is 1. The maximum atomic E-state index is 12.8. The highest BCUT2D eigenvalue weighted by molar-refractivity contribution is 7.89. The largest absolute Gasteiger partial charge is 0.493 e. The minimum absolute atomic E-state index is 0.00424. The van der Waals surface area contributed by atoms with Crippen molar-refractivity contribution in [3.8, 4) is 16.9 Å². The molecule has 1 heterocycles. The average molecular weight is 468 g/mol. The zero-order chi connectivity index (χ0) is 22.1. The number of nitrogens with zero attached hydrogens (tertiary/aromatic N) is 2. The lowest BCUT2D eigenvalue weighted by Crippen LogP contribution is -2.27. The number of ether oxygens (including phenoxy) is 1. The zero-order valence-electron chi connectivity index (χ0n) is 17.1. The number of nitrogens with one attached hydrogen (secondary N) is 1. The summed E-state index contributed by atoms with van der Waals surface area (Å²) in [5.41, 5.74) is 2.95. The first-order valence-corrected chi connectivity index (χ1v) is 11.6. The molecule has 9 heteroatoms. The smallest absolute Gasteiger partial charge is 0.246 e. The van der Waals surface area contributed by atoms with Crippen molar-refractivity contribution in [1.29, 1.82) is 0 Å². The molecule has 6 nitrogen and oxygen atoms in total. The van der Waals surface area contributed by atoms with E-state index in [9.17, 15) is 8.42 Å². The third kappa shape index (κ3) is 4.64. The summed E-state index contributed by atoms with van der Waals surface area (Å²) in [6.07, 6.45) is 0. The molecule has 30 heavy (non-hydrogen) atoms. The number of aromatic nitrogens is 2. The van der Waals surface area contributed by atoms with Crippen LogP contribution in [-0.4, -0.2) is 24.8 Å². The molecule has 0 fully saturated rings. The van der Waals surface area contributed by atoms with Gasteiger partial charge in [-0.25, -0.2) is 13.1 Å². The lowest BCUT2D eigenvalue weighted by atomic mass is 10.0. The molecular weight excluding hydrogens is 445 g/mol. The Hall–Kier alpha value is -2.06. The van der Waals surface area contributed by atoms with Gasteiger partial charge < -0.3 is 4.74 Å². The molecule has 0 amide bonds. The van der Waals surface area contributed by atoms with Gasteiger partial charge in [-0.2, -0.15) is 5.10 Å². The molecular formula is C21H23Cl2N3O3S. The van der Waals surface area contributed by atoms with Crippen molar-refractivity contribution >= 4 is 33.2 Å². The van der Waals surface area contributed by atoms with Gasteiger partial charge in [-0.1, -0.05) is 47.5 Å². The fraction of sp³-hybridized carbons (Fsp3) is 0.286. The van der Waals surface area contributed by atoms with Gasteiger partial charge in [0.25, 0.3) is 0 Å². The summed E-state index contributed by atoms with van der Waals surface area (Å²) in [7, 11) is -2.23. The van der Waals surface area contributed by atoms with Crippen LogP contribution in [-0.2, 0) is 17.1 Å². The maximum Gasteiger partial charge on any atom is 0.246 e. The maximum absolute atomic E-state index is 12.8. The summed E-state index contributed by atoms with van der Waals surface area (Å²) < 4.78 is 35.4. The third-order valence-corrected chi connectivity index (χ3v) is 7.13. The number of halogens is 2. The van der Waals surface area contributed by atoms with Gasteiger partial charge >= 0.3 is 0 Å². The topological polar surface area (TPSA) is 73.2 Å². The summed E-state index contributed by atoms with van der Waals surface area (Å²) >= 11 is 12.3. The number of hydrogen-bond donors (Lipinski definition) is 1. The van der Waals surface area contributed by atoms with Gasteiger partial charge in [0, 0.05) is 23.7 Å². The average Bonchev–Trinajstić information content (AvgIpc) is 2.95. The van der Waals surface area contributed by atoms with E-state index in [2.05, 4.69) is 9.82 Å². The monoisotopic (exact) mass is 467 g/mol. The van der Waals surface area contributed by atoms with Crippen molar-refractivity contribution in [2.24, 2.45) is 7.05 Å². The quantitative estimate of drug-likeness (QED) is 0.521. The Morgan fingerprint density at radius 3 is 2.40 bits per heavy atom. The van der Waals surface area contributed by atoms with Gasteiger partial charge in [-0.05, 0) is 50.1 Å². The predicted octanol–water partition coefficient (Wildman–Crippen LogP) is 5.14. The van der Waals surface area contributed by atoms with Crippen molar-refractivity contribution in [3.63, 3.8) is 0 Å². The second kappa shape index (κ2) is 8.98. The Kier molecular flexibility index (Phi) is 6.77. The van der Waals surface area contributed by atoms with Crippen LogP contribution in [0.3, 0.4) is 0 Å². The second-order valence-electron chi connectivity index (χ2n) is 6.87. The molecule has 1 atom stereocenters. The van der Waals surface area contributed by atoms with Crippen LogP contribution < -0.4 is 9.46 Å².